The van der Waals surface area contributed by atoms with Gasteiger partial charge in [-0.05, 0) is 116 Å². The Kier molecular flexibility index (Phi) is 67.0. The fourth-order valence-electron chi connectivity index (χ4n) is 10.1. The molecule has 0 bridgehead atoms. The molecular weight excluding hydrogens is 1260 g/mol. The largest absolute Gasteiger partial charge is 0.472 e. The zero-order valence-electron chi connectivity index (χ0n) is 60.5. The summed E-state index contributed by atoms with van der Waals surface area (Å²) in [5, 5.41) is 10.6. The molecule has 17 nitrogen and oxygen atoms in total. The second-order valence-electron chi connectivity index (χ2n) is 25.2. The van der Waals surface area contributed by atoms with Gasteiger partial charge in [-0.15, -0.1) is 0 Å². The molecule has 0 spiro atoms. The number of carbonyl (C=O) groups is 4. The van der Waals surface area contributed by atoms with Gasteiger partial charge in [-0.3, -0.25) is 37.3 Å². The highest BCUT2D eigenvalue weighted by Gasteiger charge is 2.30. The molecule has 0 amide bonds. The number of carbonyl (C=O) groups excluding carboxylic acids is 4. The third kappa shape index (κ3) is 68.8. The molecule has 3 N–H and O–H groups in total. The van der Waals surface area contributed by atoms with Crippen LogP contribution in [-0.4, -0.2) is 96.7 Å². The molecule has 5 atom stereocenters. The first-order valence-electron chi connectivity index (χ1n) is 37.8. The summed E-state index contributed by atoms with van der Waals surface area (Å²) in [4.78, 5) is 72.8. The van der Waals surface area contributed by atoms with Gasteiger partial charge >= 0.3 is 39.5 Å². The molecular formula is C77H136O17P2. The average Bonchev–Trinajstić information content (AvgIpc) is 1.13. The van der Waals surface area contributed by atoms with E-state index in [4.69, 9.17) is 37.0 Å². The number of aliphatic hydroxyl groups excluding tert-OH is 1. The van der Waals surface area contributed by atoms with Crippen molar-refractivity contribution >= 4 is 39.5 Å². The topological polar surface area (TPSA) is 237 Å². The van der Waals surface area contributed by atoms with Gasteiger partial charge in [0.25, 0.3) is 0 Å². The van der Waals surface area contributed by atoms with E-state index in [-0.39, 0.29) is 25.7 Å². The highest BCUT2D eigenvalue weighted by Crippen LogP contribution is 2.45. The fourth-order valence-corrected chi connectivity index (χ4v) is 11.6. The van der Waals surface area contributed by atoms with Gasteiger partial charge in [-0.25, -0.2) is 9.13 Å². The fraction of sp³-hybridized carbons (Fsp3) is 0.766. The van der Waals surface area contributed by atoms with Crippen molar-refractivity contribution in [3.63, 3.8) is 0 Å². The lowest BCUT2D eigenvalue weighted by atomic mass is 10.1. The van der Waals surface area contributed by atoms with Crippen molar-refractivity contribution in [1.82, 2.24) is 0 Å². The zero-order chi connectivity index (χ0) is 70.4. The number of allylic oxidation sites excluding steroid dienone is 14. The summed E-state index contributed by atoms with van der Waals surface area (Å²) in [6.07, 6.45) is 70.0. The normalized spacial score (nSPS) is 14.4. The van der Waals surface area contributed by atoms with E-state index in [2.05, 4.69) is 113 Å². The molecule has 0 heterocycles. The van der Waals surface area contributed by atoms with Gasteiger partial charge in [0, 0.05) is 25.7 Å². The number of hydrogen-bond donors (Lipinski definition) is 3. The number of rotatable bonds is 71. The van der Waals surface area contributed by atoms with E-state index >= 15 is 0 Å². The van der Waals surface area contributed by atoms with Crippen LogP contribution in [0.15, 0.2) is 85.1 Å². The van der Waals surface area contributed by atoms with Crippen molar-refractivity contribution in [3.05, 3.63) is 85.1 Å². The van der Waals surface area contributed by atoms with Crippen LogP contribution in [-0.2, 0) is 65.4 Å². The Morgan fingerprint density at radius 3 is 0.896 bits per heavy atom. The van der Waals surface area contributed by atoms with Crippen LogP contribution < -0.4 is 0 Å². The number of unbranched alkanes of at least 4 members (excludes halogenated alkanes) is 31. The number of hydrogen-bond acceptors (Lipinski definition) is 15. The molecule has 0 saturated heterocycles. The van der Waals surface area contributed by atoms with Crippen molar-refractivity contribution in [2.24, 2.45) is 0 Å². The van der Waals surface area contributed by atoms with Crippen LogP contribution in [0.4, 0.5) is 0 Å². The SMILES string of the molecule is CC/C=C\C/C=C\C/C=C\CCCCCCCCCC(=O)OCC(COP(=O)(O)OCC(O)COP(=O)(O)OCC(COC(=O)CCCCCCC/C=C\C/C=C\CCCCC)OC(=O)CCCCCCC/C=C\C/C=C\CCC)OC(=O)CCCCCCCCCCCCC. The van der Waals surface area contributed by atoms with E-state index in [0.717, 1.165) is 186 Å². The van der Waals surface area contributed by atoms with Crippen LogP contribution in [0.1, 0.15) is 323 Å². The molecule has 5 unspecified atom stereocenters. The molecule has 556 valence electrons. The smallest absolute Gasteiger partial charge is 0.462 e. The van der Waals surface area contributed by atoms with Crippen molar-refractivity contribution in [2.75, 3.05) is 39.6 Å². The van der Waals surface area contributed by atoms with Crippen molar-refractivity contribution in [1.29, 1.82) is 0 Å². The molecule has 0 aromatic heterocycles. The first-order valence-corrected chi connectivity index (χ1v) is 40.8. The Bertz CT molecular complexity index is 2160. The molecule has 0 aromatic carbocycles. The molecule has 0 fully saturated rings. The maximum absolute atomic E-state index is 13.1. The summed E-state index contributed by atoms with van der Waals surface area (Å²) in [6.45, 7) is 4.65. The van der Waals surface area contributed by atoms with Crippen LogP contribution in [0.25, 0.3) is 0 Å². The van der Waals surface area contributed by atoms with Gasteiger partial charge in [-0.1, -0.05) is 267 Å². The lowest BCUT2D eigenvalue weighted by Gasteiger charge is -2.21. The summed E-state index contributed by atoms with van der Waals surface area (Å²) in [7, 11) is -9.94. The maximum Gasteiger partial charge on any atom is 0.472 e. The molecule has 96 heavy (non-hydrogen) atoms. The van der Waals surface area contributed by atoms with Gasteiger partial charge in [0.2, 0.25) is 0 Å². The molecule has 0 aliphatic heterocycles. The van der Waals surface area contributed by atoms with Crippen LogP contribution in [0.5, 0.6) is 0 Å². The van der Waals surface area contributed by atoms with E-state index in [1.165, 1.54) is 57.8 Å². The second kappa shape index (κ2) is 69.7. The van der Waals surface area contributed by atoms with E-state index in [0.29, 0.717) is 25.7 Å². The van der Waals surface area contributed by atoms with Gasteiger partial charge in [0.05, 0.1) is 26.4 Å². The summed E-state index contributed by atoms with van der Waals surface area (Å²) in [5.41, 5.74) is 0. The van der Waals surface area contributed by atoms with Crippen molar-refractivity contribution in [2.45, 2.75) is 341 Å². The quantitative estimate of drug-likeness (QED) is 0.0169. The predicted molar refractivity (Wildman–Crippen MR) is 390 cm³/mol. The minimum Gasteiger partial charge on any atom is -0.462 e. The number of aliphatic hydroxyl groups is 1. The lowest BCUT2D eigenvalue weighted by Crippen LogP contribution is -2.30. The molecule has 0 aromatic rings. The van der Waals surface area contributed by atoms with Crippen molar-refractivity contribution in [3.8, 4) is 0 Å². The Morgan fingerprint density at radius 2 is 0.562 bits per heavy atom. The molecule has 0 radical (unpaired) electrons. The maximum atomic E-state index is 13.1. The van der Waals surface area contributed by atoms with Crippen LogP contribution in [0.2, 0.25) is 0 Å². The minimum atomic E-state index is -4.97. The Hall–Kier alpha value is -3.76. The predicted octanol–water partition coefficient (Wildman–Crippen LogP) is 21.4. The summed E-state index contributed by atoms with van der Waals surface area (Å²) >= 11 is 0. The standard InChI is InChI=1S/C77H136O17P2/c1-5-9-13-17-21-25-29-32-34-35-37-40-43-46-50-54-58-62-75(80)87-67-72(93-76(81)63-59-55-51-47-41-28-24-20-16-12-8-4)69-91-95(83,84)89-65-71(78)66-90-96(85,86)92-70-73(94-77(82)64-60-56-52-48-44-38-31-27-23-19-15-11-7-3)68-88-74(79)61-57-53-49-45-42-39-36-33-30-26-22-18-14-10-6-2/h9,13,15,19,21-22,25-27,31-34,36,71-73,78H,5-8,10-12,14,16-18,20,23-24,28-30,35,37-70H2,1-4H3,(H,83,84)(H,85,86)/b13-9-,19-15-,25-21-,26-22-,31-27-,34-32-,36-33-. The Balaban J connectivity index is 5.31. The minimum absolute atomic E-state index is 0.0772. The molecule has 0 aliphatic rings. The highest BCUT2D eigenvalue weighted by atomic mass is 31.2. The number of phosphoric acid groups is 2. The molecule has 0 rings (SSSR count). The van der Waals surface area contributed by atoms with Crippen LogP contribution in [0, 0.1) is 0 Å². The molecule has 0 aliphatic carbocycles. The van der Waals surface area contributed by atoms with Gasteiger partial charge in [-0.2, -0.15) is 0 Å². The molecule has 0 saturated carbocycles. The molecule has 19 heteroatoms. The van der Waals surface area contributed by atoms with Crippen LogP contribution in [0.3, 0.4) is 0 Å². The summed E-state index contributed by atoms with van der Waals surface area (Å²) < 4.78 is 68.4. The van der Waals surface area contributed by atoms with Gasteiger partial charge in [0.1, 0.15) is 19.3 Å². The van der Waals surface area contributed by atoms with Crippen LogP contribution >= 0.6 is 15.6 Å². The number of phosphoric ester groups is 2. The monoisotopic (exact) mass is 1390 g/mol. The average molecular weight is 1400 g/mol. The third-order valence-electron chi connectivity index (χ3n) is 15.8. The first kappa shape index (κ1) is 92.2. The number of ether oxygens (including phenoxy) is 4. The Labute approximate surface area is 583 Å². The zero-order valence-corrected chi connectivity index (χ0v) is 62.3. The van der Waals surface area contributed by atoms with E-state index < -0.39 is 97.5 Å². The first-order chi connectivity index (χ1) is 46.7. The Morgan fingerprint density at radius 1 is 0.302 bits per heavy atom. The van der Waals surface area contributed by atoms with Gasteiger partial charge in [0.15, 0.2) is 12.2 Å². The summed E-state index contributed by atoms with van der Waals surface area (Å²) in [6, 6.07) is 0. The van der Waals surface area contributed by atoms with Gasteiger partial charge < -0.3 is 33.8 Å². The summed E-state index contributed by atoms with van der Waals surface area (Å²) in [5.74, 6) is -2.20. The lowest BCUT2D eigenvalue weighted by molar-refractivity contribution is -0.161. The highest BCUT2D eigenvalue weighted by molar-refractivity contribution is 7.47. The second-order valence-corrected chi connectivity index (χ2v) is 28.1. The van der Waals surface area contributed by atoms with E-state index in [9.17, 15) is 43.2 Å². The number of esters is 4. The van der Waals surface area contributed by atoms with E-state index in [1.54, 1.807) is 0 Å². The van der Waals surface area contributed by atoms with E-state index in [1.807, 2.05) is 0 Å². The van der Waals surface area contributed by atoms with Crippen molar-refractivity contribution < 1.29 is 80.2 Å². The third-order valence-corrected chi connectivity index (χ3v) is 17.7.